The van der Waals surface area contributed by atoms with Crippen LogP contribution in [-0.2, 0) is 0 Å². The van der Waals surface area contributed by atoms with Gasteiger partial charge in [-0.1, -0.05) is 28.1 Å². The number of benzene rings is 2. The molecule has 7 nitrogen and oxygen atoms in total. The van der Waals surface area contributed by atoms with E-state index in [2.05, 4.69) is 47.7 Å². The van der Waals surface area contributed by atoms with E-state index < -0.39 is 4.92 Å². The van der Waals surface area contributed by atoms with Gasteiger partial charge in [0.2, 0.25) is 0 Å². The van der Waals surface area contributed by atoms with E-state index in [1.807, 2.05) is 0 Å². The molecule has 124 valence electrons. The number of nitrogens with zero attached hydrogens (tertiary/aromatic N) is 2. The second-order valence-corrected chi connectivity index (χ2v) is 6.60. The fourth-order valence-electron chi connectivity index (χ4n) is 1.73. The molecule has 0 saturated heterocycles. The number of nitro benzene ring substituents is 1. The molecule has 0 amide bonds. The minimum atomic E-state index is -0.509. The summed E-state index contributed by atoms with van der Waals surface area (Å²) in [7, 11) is 0. The molecule has 10 heteroatoms. The van der Waals surface area contributed by atoms with Gasteiger partial charge in [-0.2, -0.15) is 5.10 Å². The third-order valence-corrected chi connectivity index (χ3v) is 4.03. The second-order valence-electron chi connectivity index (χ2n) is 4.42. The molecule has 0 atom stereocenters. The molecule has 0 aliphatic heterocycles. The van der Waals surface area contributed by atoms with Gasteiger partial charge in [-0.3, -0.25) is 15.5 Å². The Kier molecular flexibility index (Phi) is 6.23. The van der Waals surface area contributed by atoms with Crippen LogP contribution in [0.3, 0.4) is 0 Å². The summed E-state index contributed by atoms with van der Waals surface area (Å²) in [5.74, 6) is 0.0290. The molecule has 0 fully saturated rings. The van der Waals surface area contributed by atoms with Crippen LogP contribution in [0.15, 0.2) is 50.4 Å². The van der Waals surface area contributed by atoms with Crippen LogP contribution in [0.4, 0.5) is 11.4 Å². The summed E-state index contributed by atoms with van der Waals surface area (Å²) < 4.78 is 1.27. The van der Waals surface area contributed by atoms with Gasteiger partial charge in [0.15, 0.2) is 5.11 Å². The van der Waals surface area contributed by atoms with Gasteiger partial charge in [-0.25, -0.2) is 0 Å². The van der Waals surface area contributed by atoms with Crippen LogP contribution in [0.1, 0.15) is 5.56 Å². The zero-order valence-electron chi connectivity index (χ0n) is 11.9. The summed E-state index contributed by atoms with van der Waals surface area (Å²) in [6.07, 6.45) is 1.37. The summed E-state index contributed by atoms with van der Waals surface area (Å²) in [6.45, 7) is 0. The topological polar surface area (TPSA) is 99.8 Å². The molecular weight excluding hydrogens is 464 g/mol. The lowest BCUT2D eigenvalue weighted by atomic mass is 10.2. The maximum absolute atomic E-state index is 10.9. The monoisotopic (exact) mass is 472 g/mol. The van der Waals surface area contributed by atoms with Crippen LogP contribution in [0, 0.1) is 10.1 Å². The predicted molar refractivity (Wildman–Crippen MR) is 104 cm³/mol. The summed E-state index contributed by atoms with van der Waals surface area (Å²) in [5, 5.41) is 27.5. The molecule has 0 heterocycles. The van der Waals surface area contributed by atoms with E-state index in [-0.39, 0.29) is 22.2 Å². The van der Waals surface area contributed by atoms with E-state index in [0.29, 0.717) is 10.0 Å². The standard InChI is InChI=1S/C14H10Br2N4O3S/c15-9-5-8(13(21)10(16)6-9)7-17-19-14(24)18-11-3-1-2-4-12(11)20(22)23/h1-7,21H,(H2,18,19,24). The molecule has 0 aliphatic carbocycles. The van der Waals surface area contributed by atoms with Crippen molar-refractivity contribution in [3.63, 3.8) is 0 Å². The lowest BCUT2D eigenvalue weighted by Gasteiger charge is -2.07. The SMILES string of the molecule is O=[N+]([O-])c1ccccc1NC(=S)NN=Cc1cc(Br)cc(Br)c1O. The van der Waals surface area contributed by atoms with Crippen molar-refractivity contribution in [3.8, 4) is 5.75 Å². The number of para-hydroxylation sites is 2. The fraction of sp³-hybridized carbons (Fsp3) is 0. The van der Waals surface area contributed by atoms with Gasteiger partial charge in [-0.05, 0) is 46.3 Å². The minimum absolute atomic E-state index is 0.0290. The van der Waals surface area contributed by atoms with E-state index in [1.54, 1.807) is 24.3 Å². The maximum Gasteiger partial charge on any atom is 0.292 e. The third kappa shape index (κ3) is 4.73. The van der Waals surface area contributed by atoms with E-state index in [4.69, 9.17) is 12.2 Å². The number of hydrogen-bond donors (Lipinski definition) is 3. The fourth-order valence-corrected chi connectivity index (χ4v) is 3.15. The van der Waals surface area contributed by atoms with Gasteiger partial charge >= 0.3 is 0 Å². The van der Waals surface area contributed by atoms with Crippen LogP contribution in [0.25, 0.3) is 0 Å². The number of nitro groups is 1. The second kappa shape index (κ2) is 8.18. The lowest BCUT2D eigenvalue weighted by Crippen LogP contribution is -2.24. The van der Waals surface area contributed by atoms with Crippen molar-refractivity contribution in [3.05, 3.63) is 61.0 Å². The van der Waals surface area contributed by atoms with Gasteiger partial charge in [0.1, 0.15) is 11.4 Å². The van der Waals surface area contributed by atoms with Crippen molar-refractivity contribution in [2.45, 2.75) is 0 Å². The van der Waals surface area contributed by atoms with Crippen LogP contribution >= 0.6 is 44.1 Å². The smallest absolute Gasteiger partial charge is 0.292 e. The van der Waals surface area contributed by atoms with Crippen molar-refractivity contribution in [2.75, 3.05) is 5.32 Å². The number of phenols is 1. The number of nitrogens with one attached hydrogen (secondary N) is 2. The van der Waals surface area contributed by atoms with Gasteiger partial charge < -0.3 is 10.4 Å². The lowest BCUT2D eigenvalue weighted by molar-refractivity contribution is -0.383. The average Bonchev–Trinajstić information content (AvgIpc) is 2.52. The molecule has 2 aromatic carbocycles. The molecule has 0 unspecified atom stereocenters. The van der Waals surface area contributed by atoms with Crippen molar-refractivity contribution in [2.24, 2.45) is 5.10 Å². The number of hydrogen-bond acceptors (Lipinski definition) is 5. The molecule has 3 N–H and O–H groups in total. The Hall–Kier alpha value is -2.04. The largest absolute Gasteiger partial charge is 0.506 e. The Morgan fingerprint density at radius 3 is 2.75 bits per heavy atom. The summed E-state index contributed by atoms with van der Waals surface area (Å²) in [4.78, 5) is 10.4. The number of anilines is 1. The molecule has 24 heavy (non-hydrogen) atoms. The molecule has 0 saturated carbocycles. The van der Waals surface area contributed by atoms with E-state index in [0.717, 1.165) is 4.47 Å². The highest BCUT2D eigenvalue weighted by Crippen LogP contribution is 2.30. The first-order valence-electron chi connectivity index (χ1n) is 6.40. The Morgan fingerprint density at radius 2 is 2.04 bits per heavy atom. The van der Waals surface area contributed by atoms with Crippen molar-refractivity contribution in [1.29, 1.82) is 0 Å². The molecule has 0 spiro atoms. The molecule has 2 aromatic rings. The van der Waals surface area contributed by atoms with Gasteiger partial charge in [0.05, 0.1) is 15.6 Å². The number of halogens is 2. The van der Waals surface area contributed by atoms with Crippen LogP contribution in [0.5, 0.6) is 5.75 Å². The zero-order valence-corrected chi connectivity index (χ0v) is 15.9. The summed E-state index contributed by atoms with van der Waals surface area (Å²) in [5.41, 5.74) is 3.15. The predicted octanol–water partition coefficient (Wildman–Crippen LogP) is 4.15. The highest BCUT2D eigenvalue weighted by molar-refractivity contribution is 9.11. The van der Waals surface area contributed by atoms with Crippen LogP contribution in [-0.4, -0.2) is 21.4 Å². The Balaban J connectivity index is 2.06. The average molecular weight is 474 g/mol. The highest BCUT2D eigenvalue weighted by atomic mass is 79.9. The van der Waals surface area contributed by atoms with Crippen LogP contribution < -0.4 is 10.7 Å². The van der Waals surface area contributed by atoms with Crippen molar-refractivity contribution < 1.29 is 10.0 Å². The first-order valence-corrected chi connectivity index (χ1v) is 8.39. The first-order chi connectivity index (χ1) is 11.4. The van der Waals surface area contributed by atoms with Crippen LogP contribution in [0.2, 0.25) is 0 Å². The summed E-state index contributed by atoms with van der Waals surface area (Å²) >= 11 is 11.6. The highest BCUT2D eigenvalue weighted by Gasteiger charge is 2.12. The van der Waals surface area contributed by atoms with Gasteiger partial charge in [0, 0.05) is 16.1 Å². The Labute approximate surface area is 159 Å². The van der Waals surface area contributed by atoms with Gasteiger partial charge in [0.25, 0.3) is 5.69 Å². The first kappa shape index (κ1) is 18.3. The molecule has 0 aromatic heterocycles. The number of thiocarbonyl (C=S) groups is 1. The molecule has 0 radical (unpaired) electrons. The number of hydrazone groups is 1. The maximum atomic E-state index is 10.9. The third-order valence-electron chi connectivity index (χ3n) is 2.78. The zero-order chi connectivity index (χ0) is 17.7. The Bertz CT molecular complexity index is 830. The quantitative estimate of drug-likeness (QED) is 0.267. The van der Waals surface area contributed by atoms with E-state index in [1.165, 1.54) is 18.3 Å². The number of phenolic OH excluding ortho intramolecular Hbond substituents is 1. The normalized spacial score (nSPS) is 10.6. The minimum Gasteiger partial charge on any atom is -0.506 e. The van der Waals surface area contributed by atoms with Crippen molar-refractivity contribution >= 4 is 66.8 Å². The van der Waals surface area contributed by atoms with Crippen molar-refractivity contribution in [1.82, 2.24) is 5.43 Å². The van der Waals surface area contributed by atoms with E-state index in [9.17, 15) is 15.2 Å². The summed E-state index contributed by atoms with van der Waals surface area (Å²) in [6, 6.07) is 9.48. The number of rotatable bonds is 4. The molecule has 0 aliphatic rings. The molecular formula is C14H10Br2N4O3S. The van der Waals surface area contributed by atoms with E-state index >= 15 is 0 Å². The van der Waals surface area contributed by atoms with Gasteiger partial charge in [-0.15, -0.1) is 0 Å². The number of aromatic hydroxyl groups is 1. The molecule has 0 bridgehead atoms. The Morgan fingerprint density at radius 1 is 1.33 bits per heavy atom. The molecule has 2 rings (SSSR count).